The van der Waals surface area contributed by atoms with Gasteiger partial charge in [0.05, 0.1) is 18.8 Å². The van der Waals surface area contributed by atoms with Gasteiger partial charge in [0.25, 0.3) is 5.91 Å². The first kappa shape index (κ1) is 24.2. The molecule has 1 aromatic heterocycles. The second-order valence-corrected chi connectivity index (χ2v) is 7.35. The molecule has 8 heteroatoms. The second kappa shape index (κ2) is 11.9. The Kier molecular flexibility index (Phi) is 9.61. The monoisotopic (exact) mass is 525 g/mol. The molecule has 0 atom stereocenters. The van der Waals surface area contributed by atoms with Crippen LogP contribution in [0, 0.1) is 13.8 Å². The summed E-state index contributed by atoms with van der Waals surface area (Å²) in [5.74, 6) is 2.31. The third kappa shape index (κ3) is 6.72. The Bertz CT molecular complexity index is 822. The molecule has 0 bridgehead atoms. The van der Waals surface area contributed by atoms with E-state index in [4.69, 9.17) is 4.42 Å². The summed E-state index contributed by atoms with van der Waals surface area (Å²) in [4.78, 5) is 23.5. The van der Waals surface area contributed by atoms with Gasteiger partial charge in [0.2, 0.25) is 5.89 Å². The van der Waals surface area contributed by atoms with Crippen LogP contribution in [0.2, 0.25) is 0 Å². The smallest absolute Gasteiger partial charge is 0.253 e. The molecule has 0 radical (unpaired) electrons. The highest BCUT2D eigenvalue weighted by Gasteiger charge is 2.17. The van der Waals surface area contributed by atoms with Crippen LogP contribution in [0.15, 0.2) is 33.7 Å². The third-order valence-corrected chi connectivity index (χ3v) is 5.09. The highest BCUT2D eigenvalue weighted by molar-refractivity contribution is 14.0. The third-order valence-electron chi connectivity index (χ3n) is 5.09. The molecule has 1 amide bonds. The number of nitrogens with zero attached hydrogens (tertiary/aromatic N) is 3. The number of guanidine groups is 1. The summed E-state index contributed by atoms with van der Waals surface area (Å²) >= 11 is 0. The molecule has 30 heavy (non-hydrogen) atoms. The maximum atomic E-state index is 12.6. The lowest BCUT2D eigenvalue weighted by molar-refractivity contribution is 0.0724. The van der Waals surface area contributed by atoms with Crippen LogP contribution in [-0.2, 0) is 13.1 Å². The van der Waals surface area contributed by atoms with Crippen molar-refractivity contribution >= 4 is 35.8 Å². The van der Waals surface area contributed by atoms with Gasteiger partial charge in [0, 0.05) is 25.2 Å². The zero-order valence-corrected chi connectivity index (χ0v) is 20.4. The standard InChI is InChI=1S/C22H31N5O2.HI/c1-4-23-22(25-15-20-26-16(2)17(3)29-20)24-14-18-8-10-19(11-9-18)21(28)27-12-6-5-7-13-27;/h8-11H,4-7,12-15H2,1-3H3,(H2,23,24,25);1H. The van der Waals surface area contributed by atoms with E-state index in [1.165, 1.54) is 6.42 Å². The van der Waals surface area contributed by atoms with E-state index in [9.17, 15) is 4.79 Å². The lowest BCUT2D eigenvalue weighted by atomic mass is 10.1. The van der Waals surface area contributed by atoms with E-state index in [1.54, 1.807) is 0 Å². The van der Waals surface area contributed by atoms with Crippen molar-refractivity contribution in [2.24, 2.45) is 4.99 Å². The van der Waals surface area contributed by atoms with Gasteiger partial charge in [-0.2, -0.15) is 0 Å². The van der Waals surface area contributed by atoms with Gasteiger partial charge in [-0.3, -0.25) is 4.79 Å². The zero-order valence-electron chi connectivity index (χ0n) is 18.0. The lowest BCUT2D eigenvalue weighted by Crippen LogP contribution is -2.36. The Balaban J connectivity index is 0.00000320. The van der Waals surface area contributed by atoms with E-state index in [1.807, 2.05) is 49.9 Å². The number of oxazole rings is 1. The quantitative estimate of drug-likeness (QED) is 0.341. The predicted molar refractivity (Wildman–Crippen MR) is 129 cm³/mol. The number of carbonyl (C=O) groups excluding carboxylic acids is 1. The molecule has 0 aliphatic carbocycles. The molecule has 1 saturated heterocycles. The van der Waals surface area contributed by atoms with Crippen LogP contribution in [0.3, 0.4) is 0 Å². The summed E-state index contributed by atoms with van der Waals surface area (Å²) < 4.78 is 5.60. The van der Waals surface area contributed by atoms with E-state index in [0.717, 1.165) is 55.1 Å². The number of aryl methyl sites for hydroxylation is 2. The number of piperidine rings is 1. The molecule has 2 N–H and O–H groups in total. The van der Waals surface area contributed by atoms with Gasteiger partial charge in [-0.05, 0) is 57.7 Å². The molecule has 7 nitrogen and oxygen atoms in total. The first-order valence-electron chi connectivity index (χ1n) is 10.4. The molecule has 0 saturated carbocycles. The Morgan fingerprint density at radius 3 is 2.43 bits per heavy atom. The van der Waals surface area contributed by atoms with E-state index in [0.29, 0.717) is 24.9 Å². The summed E-state index contributed by atoms with van der Waals surface area (Å²) in [7, 11) is 0. The van der Waals surface area contributed by atoms with Crippen LogP contribution < -0.4 is 10.6 Å². The Morgan fingerprint density at radius 1 is 1.13 bits per heavy atom. The highest BCUT2D eigenvalue weighted by atomic mass is 127. The maximum Gasteiger partial charge on any atom is 0.253 e. The van der Waals surface area contributed by atoms with Gasteiger partial charge in [-0.25, -0.2) is 9.98 Å². The van der Waals surface area contributed by atoms with Gasteiger partial charge in [0.15, 0.2) is 5.96 Å². The van der Waals surface area contributed by atoms with Gasteiger partial charge in [0.1, 0.15) is 5.76 Å². The number of hydrogen-bond acceptors (Lipinski definition) is 4. The van der Waals surface area contributed by atoms with Crippen LogP contribution in [0.25, 0.3) is 0 Å². The average Bonchev–Trinajstić information content (AvgIpc) is 3.08. The SMILES string of the molecule is CCNC(=NCc1ccc(C(=O)N2CCCCC2)cc1)NCc1nc(C)c(C)o1.I. The normalized spacial score (nSPS) is 14.2. The number of carbonyl (C=O) groups is 1. The number of nitrogens with one attached hydrogen (secondary N) is 2. The van der Waals surface area contributed by atoms with Crippen LogP contribution in [0.5, 0.6) is 0 Å². The second-order valence-electron chi connectivity index (χ2n) is 7.35. The minimum absolute atomic E-state index is 0. The molecule has 164 valence electrons. The molecule has 2 heterocycles. The fourth-order valence-electron chi connectivity index (χ4n) is 3.32. The van der Waals surface area contributed by atoms with Crippen molar-refractivity contribution in [3.05, 3.63) is 52.7 Å². The average molecular weight is 525 g/mol. The minimum atomic E-state index is 0. The predicted octanol–water partition coefficient (Wildman–Crippen LogP) is 3.79. The molecule has 1 aliphatic heterocycles. The maximum absolute atomic E-state index is 12.6. The Hall–Kier alpha value is -2.10. The summed E-state index contributed by atoms with van der Waals surface area (Å²) in [5.41, 5.74) is 2.71. The van der Waals surface area contributed by atoms with Crippen LogP contribution >= 0.6 is 24.0 Å². The number of hydrogen-bond donors (Lipinski definition) is 2. The minimum Gasteiger partial charge on any atom is -0.444 e. The summed E-state index contributed by atoms with van der Waals surface area (Å²) in [6.45, 7) is 9.36. The molecular weight excluding hydrogens is 493 g/mol. The molecule has 1 fully saturated rings. The van der Waals surface area contributed by atoms with Crippen LogP contribution in [0.1, 0.15) is 59.5 Å². The van der Waals surface area contributed by atoms with Crippen LogP contribution in [0.4, 0.5) is 0 Å². The molecule has 1 aromatic carbocycles. The largest absolute Gasteiger partial charge is 0.444 e. The van der Waals surface area contributed by atoms with E-state index in [2.05, 4.69) is 20.6 Å². The summed E-state index contributed by atoms with van der Waals surface area (Å²) in [6.07, 6.45) is 3.43. The van der Waals surface area contributed by atoms with E-state index >= 15 is 0 Å². The number of rotatable bonds is 6. The van der Waals surface area contributed by atoms with E-state index in [-0.39, 0.29) is 29.9 Å². The molecular formula is C22H32IN5O2. The first-order valence-corrected chi connectivity index (χ1v) is 10.4. The number of benzene rings is 1. The fourth-order valence-corrected chi connectivity index (χ4v) is 3.32. The number of aliphatic imine (C=N–C) groups is 1. The van der Waals surface area contributed by atoms with Crippen molar-refractivity contribution < 1.29 is 9.21 Å². The van der Waals surface area contributed by atoms with Gasteiger partial charge < -0.3 is 20.0 Å². The van der Waals surface area contributed by atoms with Crippen LogP contribution in [-0.4, -0.2) is 41.4 Å². The molecule has 0 spiro atoms. The fraction of sp³-hybridized carbons (Fsp3) is 0.500. The molecule has 1 aliphatic rings. The highest BCUT2D eigenvalue weighted by Crippen LogP contribution is 2.14. The van der Waals surface area contributed by atoms with Crippen molar-refractivity contribution in [2.45, 2.75) is 53.1 Å². The van der Waals surface area contributed by atoms with Crippen molar-refractivity contribution in [1.82, 2.24) is 20.5 Å². The van der Waals surface area contributed by atoms with Crippen molar-refractivity contribution in [2.75, 3.05) is 19.6 Å². The molecule has 2 aromatic rings. The number of amides is 1. The van der Waals surface area contributed by atoms with Gasteiger partial charge >= 0.3 is 0 Å². The zero-order chi connectivity index (χ0) is 20.6. The van der Waals surface area contributed by atoms with Crippen molar-refractivity contribution in [3.63, 3.8) is 0 Å². The number of likely N-dealkylation sites (tertiary alicyclic amines) is 1. The molecule has 3 rings (SSSR count). The molecule has 0 unspecified atom stereocenters. The van der Waals surface area contributed by atoms with Gasteiger partial charge in [-0.1, -0.05) is 12.1 Å². The van der Waals surface area contributed by atoms with Crippen molar-refractivity contribution in [1.29, 1.82) is 0 Å². The lowest BCUT2D eigenvalue weighted by Gasteiger charge is -2.26. The summed E-state index contributed by atoms with van der Waals surface area (Å²) in [6, 6.07) is 7.76. The number of halogens is 1. The Morgan fingerprint density at radius 2 is 1.83 bits per heavy atom. The van der Waals surface area contributed by atoms with Gasteiger partial charge in [-0.15, -0.1) is 24.0 Å². The first-order chi connectivity index (χ1) is 14.1. The Labute approximate surface area is 195 Å². The van der Waals surface area contributed by atoms with E-state index < -0.39 is 0 Å². The number of aromatic nitrogens is 1. The topological polar surface area (TPSA) is 82.8 Å². The summed E-state index contributed by atoms with van der Waals surface area (Å²) in [5, 5.41) is 6.47. The van der Waals surface area contributed by atoms with Crippen molar-refractivity contribution in [3.8, 4) is 0 Å².